The number of methoxy groups -OCH3 is 2. The largest absolute Gasteiger partial charge is 0.497 e. The van der Waals surface area contributed by atoms with E-state index in [9.17, 15) is 0 Å². The quantitative estimate of drug-likeness (QED) is 0.584. The van der Waals surface area contributed by atoms with Crippen molar-refractivity contribution >= 4 is 10.9 Å². The van der Waals surface area contributed by atoms with Crippen molar-refractivity contribution in [1.29, 1.82) is 0 Å². The zero-order valence-corrected chi connectivity index (χ0v) is 15.1. The van der Waals surface area contributed by atoms with E-state index in [4.69, 9.17) is 14.0 Å². The Morgan fingerprint density at radius 2 is 2.00 bits per heavy atom. The van der Waals surface area contributed by atoms with Gasteiger partial charge in [0.25, 0.3) is 5.89 Å². The second-order valence-electron chi connectivity index (χ2n) is 6.51. The fourth-order valence-corrected chi connectivity index (χ4v) is 3.64. The predicted octanol–water partition coefficient (Wildman–Crippen LogP) is 4.40. The Morgan fingerprint density at radius 3 is 2.85 bits per heavy atom. The Kier molecular flexibility index (Phi) is 3.63. The number of benzene rings is 2. The highest BCUT2D eigenvalue weighted by molar-refractivity contribution is 5.89. The van der Waals surface area contributed by atoms with Crippen LogP contribution in [0.1, 0.15) is 17.7 Å². The lowest BCUT2D eigenvalue weighted by molar-refractivity contribution is 0.391. The molecule has 1 N–H and O–H groups in total. The molecule has 1 radical (unpaired) electrons. The van der Waals surface area contributed by atoms with Crippen molar-refractivity contribution in [1.82, 2.24) is 15.1 Å². The van der Waals surface area contributed by atoms with Gasteiger partial charge < -0.3 is 19.0 Å². The molecule has 0 atom stereocenters. The number of aromatic amines is 1. The van der Waals surface area contributed by atoms with Crippen molar-refractivity contribution in [2.75, 3.05) is 14.2 Å². The van der Waals surface area contributed by atoms with Gasteiger partial charge in [-0.05, 0) is 48.7 Å². The molecule has 0 fully saturated rings. The molecular weight excluding hydrogens is 342 g/mol. The van der Waals surface area contributed by atoms with E-state index in [2.05, 4.69) is 33.7 Å². The van der Waals surface area contributed by atoms with Crippen LogP contribution in [0.4, 0.5) is 0 Å². The van der Waals surface area contributed by atoms with Crippen LogP contribution in [0.2, 0.25) is 0 Å². The van der Waals surface area contributed by atoms with Crippen LogP contribution in [-0.4, -0.2) is 29.3 Å². The zero-order chi connectivity index (χ0) is 18.4. The van der Waals surface area contributed by atoms with Crippen LogP contribution in [0.5, 0.6) is 11.5 Å². The second-order valence-corrected chi connectivity index (χ2v) is 6.51. The average molecular weight is 360 g/mol. The van der Waals surface area contributed by atoms with Gasteiger partial charge >= 0.3 is 0 Å². The summed E-state index contributed by atoms with van der Waals surface area (Å²) in [5.74, 6) is 2.30. The number of nitrogens with zero attached hydrogens (tertiary/aromatic N) is 2. The number of ether oxygens (including phenoxy) is 2. The van der Waals surface area contributed by atoms with Crippen LogP contribution in [0.15, 0.2) is 40.9 Å². The lowest BCUT2D eigenvalue weighted by atomic mass is 10.1. The summed E-state index contributed by atoms with van der Waals surface area (Å²) in [6, 6.07) is 11.7. The Hall–Kier alpha value is -3.28. The van der Waals surface area contributed by atoms with Crippen LogP contribution in [0.3, 0.4) is 0 Å². The third-order valence-corrected chi connectivity index (χ3v) is 5.01. The minimum Gasteiger partial charge on any atom is -0.497 e. The normalized spacial score (nSPS) is 13.1. The molecule has 6 nitrogen and oxygen atoms in total. The summed E-state index contributed by atoms with van der Waals surface area (Å²) in [5, 5.41) is 5.40. The van der Waals surface area contributed by atoms with Crippen molar-refractivity contribution in [2.24, 2.45) is 0 Å². The molecule has 0 bridgehead atoms. The van der Waals surface area contributed by atoms with E-state index in [1.165, 1.54) is 16.6 Å². The summed E-state index contributed by atoms with van der Waals surface area (Å²) in [4.78, 5) is 8.05. The van der Waals surface area contributed by atoms with Crippen LogP contribution in [-0.2, 0) is 6.42 Å². The summed E-state index contributed by atoms with van der Waals surface area (Å²) >= 11 is 0. The first-order valence-corrected chi connectivity index (χ1v) is 8.81. The number of fused-ring (bicyclic) bond motifs is 3. The highest BCUT2D eigenvalue weighted by Crippen LogP contribution is 2.35. The van der Waals surface area contributed by atoms with Gasteiger partial charge in [-0.1, -0.05) is 5.16 Å². The summed E-state index contributed by atoms with van der Waals surface area (Å²) in [5.41, 5.74) is 5.40. The molecule has 0 aliphatic heterocycles. The molecule has 0 unspecified atom stereocenters. The van der Waals surface area contributed by atoms with Crippen molar-refractivity contribution < 1.29 is 14.0 Å². The van der Waals surface area contributed by atoms with E-state index in [1.807, 2.05) is 18.2 Å². The third kappa shape index (κ3) is 2.56. The molecule has 135 valence electrons. The number of rotatable bonds is 4. The Labute approximate surface area is 156 Å². The zero-order valence-electron chi connectivity index (χ0n) is 15.1. The van der Waals surface area contributed by atoms with E-state index in [0.717, 1.165) is 29.5 Å². The topological polar surface area (TPSA) is 73.2 Å². The lowest BCUT2D eigenvalue weighted by Gasteiger charge is -2.06. The van der Waals surface area contributed by atoms with Crippen molar-refractivity contribution in [3.05, 3.63) is 54.1 Å². The van der Waals surface area contributed by atoms with Crippen molar-refractivity contribution in [3.8, 4) is 34.3 Å². The molecule has 0 saturated carbocycles. The smallest absolute Gasteiger partial charge is 0.262 e. The van der Waals surface area contributed by atoms with Gasteiger partial charge in [-0.25, -0.2) is 0 Å². The van der Waals surface area contributed by atoms with E-state index >= 15 is 0 Å². The number of H-pyrrole nitrogens is 1. The SMILES string of the molecule is COc1ccc(-c2nc(-c3ccc4[nH]c5c(c4c3)CC[CH]5)no2)c(OC)c1. The van der Waals surface area contributed by atoms with Crippen LogP contribution in [0, 0.1) is 6.42 Å². The van der Waals surface area contributed by atoms with E-state index in [0.29, 0.717) is 23.2 Å². The monoisotopic (exact) mass is 360 g/mol. The molecule has 0 spiro atoms. The predicted molar refractivity (Wildman–Crippen MR) is 102 cm³/mol. The van der Waals surface area contributed by atoms with Crippen LogP contribution >= 0.6 is 0 Å². The summed E-state index contributed by atoms with van der Waals surface area (Å²) < 4.78 is 16.2. The van der Waals surface area contributed by atoms with Gasteiger partial charge in [-0.15, -0.1) is 0 Å². The number of nitrogens with one attached hydrogen (secondary N) is 1. The molecule has 27 heavy (non-hydrogen) atoms. The number of aryl methyl sites for hydroxylation is 1. The lowest BCUT2D eigenvalue weighted by Crippen LogP contribution is -1.90. The van der Waals surface area contributed by atoms with Gasteiger partial charge in [0.2, 0.25) is 5.82 Å². The maximum Gasteiger partial charge on any atom is 0.262 e. The first-order chi connectivity index (χ1) is 13.3. The van der Waals surface area contributed by atoms with Gasteiger partial charge in [0.05, 0.1) is 19.8 Å². The van der Waals surface area contributed by atoms with Gasteiger partial charge in [0.1, 0.15) is 11.5 Å². The van der Waals surface area contributed by atoms with E-state index in [1.54, 1.807) is 20.3 Å². The molecule has 2 aromatic heterocycles. The minimum absolute atomic E-state index is 0.414. The van der Waals surface area contributed by atoms with Gasteiger partial charge in [0.15, 0.2) is 0 Å². The van der Waals surface area contributed by atoms with Gasteiger partial charge in [-0.2, -0.15) is 4.98 Å². The van der Waals surface area contributed by atoms with E-state index in [-0.39, 0.29) is 0 Å². The van der Waals surface area contributed by atoms with Crippen LogP contribution < -0.4 is 9.47 Å². The molecule has 1 aliphatic carbocycles. The molecule has 2 aromatic carbocycles. The van der Waals surface area contributed by atoms with Crippen molar-refractivity contribution in [3.63, 3.8) is 0 Å². The minimum atomic E-state index is 0.414. The molecule has 0 amide bonds. The van der Waals surface area contributed by atoms with Crippen LogP contribution in [0.25, 0.3) is 33.7 Å². The molecule has 0 saturated heterocycles. The molecular formula is C21H18N3O3. The first-order valence-electron chi connectivity index (χ1n) is 8.81. The number of aromatic nitrogens is 3. The summed E-state index contributed by atoms with van der Waals surface area (Å²) in [6.45, 7) is 0. The maximum absolute atomic E-state index is 5.51. The number of hydrogen-bond acceptors (Lipinski definition) is 5. The second kappa shape index (κ2) is 6.16. The molecule has 2 heterocycles. The Bertz CT molecular complexity index is 1140. The highest BCUT2D eigenvalue weighted by atomic mass is 16.5. The Morgan fingerprint density at radius 1 is 1.07 bits per heavy atom. The summed E-state index contributed by atoms with van der Waals surface area (Å²) in [7, 11) is 3.22. The molecule has 1 aliphatic rings. The molecule has 6 heteroatoms. The standard InChI is InChI=1S/C21H18N3O3/c1-25-13-7-8-15(19(11-13)26-2)21-23-20(24-27-21)12-6-9-18-16(10-12)14-4-3-5-17(14)22-18/h5-11,22H,3-4H2,1-2H3. The highest BCUT2D eigenvalue weighted by Gasteiger charge is 2.19. The third-order valence-electron chi connectivity index (χ3n) is 5.01. The Balaban J connectivity index is 1.55. The fraction of sp³-hybridized carbons (Fsp3) is 0.190. The average Bonchev–Trinajstić information content (AvgIpc) is 3.43. The fourth-order valence-electron chi connectivity index (χ4n) is 3.64. The van der Waals surface area contributed by atoms with Crippen molar-refractivity contribution in [2.45, 2.75) is 12.8 Å². The first kappa shape index (κ1) is 15.9. The van der Waals surface area contributed by atoms with E-state index < -0.39 is 0 Å². The number of hydrogen-bond donors (Lipinski definition) is 1. The van der Waals surface area contributed by atoms with Gasteiger partial charge in [-0.3, -0.25) is 0 Å². The van der Waals surface area contributed by atoms with Gasteiger partial charge in [0, 0.05) is 34.6 Å². The maximum atomic E-state index is 5.51. The molecule has 4 aromatic rings. The summed E-state index contributed by atoms with van der Waals surface area (Å²) in [6.07, 6.45) is 4.40. The molecule has 5 rings (SSSR count).